The molecule has 0 amide bonds. The first kappa shape index (κ1) is 13.4. The molecule has 2 rings (SSSR count). The molecule has 0 fully saturated rings. The van der Waals surface area contributed by atoms with E-state index in [0.29, 0.717) is 5.56 Å². The lowest BCUT2D eigenvalue weighted by Gasteiger charge is -2.00. The molecule has 7 heteroatoms. The molecular weight excluding hydrogens is 314 g/mol. The van der Waals surface area contributed by atoms with Gasteiger partial charge in [-0.05, 0) is 33.8 Å². The first-order chi connectivity index (χ1) is 8.97. The van der Waals surface area contributed by atoms with Crippen LogP contribution in [0.4, 0.5) is 5.82 Å². The van der Waals surface area contributed by atoms with Crippen LogP contribution in [-0.2, 0) is 6.54 Å². The van der Waals surface area contributed by atoms with Gasteiger partial charge >= 0.3 is 5.82 Å². The maximum absolute atomic E-state index is 12.0. The summed E-state index contributed by atoms with van der Waals surface area (Å²) in [7, 11) is 0. The zero-order valence-corrected chi connectivity index (χ0v) is 11.6. The minimum absolute atomic E-state index is 0.0319. The summed E-state index contributed by atoms with van der Waals surface area (Å²) < 4.78 is 1.52. The van der Waals surface area contributed by atoms with Crippen molar-refractivity contribution < 1.29 is 9.72 Å². The molecule has 0 bridgehead atoms. The maximum Gasteiger partial charge on any atom is 0.404 e. The maximum atomic E-state index is 12.0. The van der Waals surface area contributed by atoms with Gasteiger partial charge in [0.1, 0.15) is 11.0 Å². The van der Waals surface area contributed by atoms with Gasteiger partial charge in [-0.2, -0.15) is 4.68 Å². The zero-order chi connectivity index (χ0) is 14.0. The van der Waals surface area contributed by atoms with Crippen molar-refractivity contribution in [3.8, 4) is 0 Å². The standard InChI is InChI=1S/C12H10BrN3O3/c1-8-3-2-4-9(5-8)11(17)7-15-6-10(13)12(14-15)16(18)19/h2-6H,7H2,1H3. The van der Waals surface area contributed by atoms with E-state index in [1.807, 2.05) is 13.0 Å². The van der Waals surface area contributed by atoms with E-state index in [9.17, 15) is 14.9 Å². The second-order valence-corrected chi connectivity index (χ2v) is 4.90. The quantitative estimate of drug-likeness (QED) is 0.492. The van der Waals surface area contributed by atoms with E-state index in [1.165, 1.54) is 10.9 Å². The first-order valence-corrected chi connectivity index (χ1v) is 6.24. The Morgan fingerprint density at radius 2 is 2.26 bits per heavy atom. The molecule has 0 aliphatic rings. The minimum Gasteiger partial charge on any atom is -0.358 e. The molecular formula is C12H10BrN3O3. The van der Waals surface area contributed by atoms with E-state index in [1.54, 1.807) is 18.2 Å². The molecule has 0 saturated carbocycles. The van der Waals surface area contributed by atoms with E-state index in [4.69, 9.17) is 0 Å². The molecule has 2 aromatic rings. The second-order valence-electron chi connectivity index (χ2n) is 4.05. The Labute approximate surface area is 117 Å². The number of carbonyl (C=O) groups excluding carboxylic acids is 1. The molecule has 0 aliphatic heterocycles. The Morgan fingerprint density at radius 1 is 1.53 bits per heavy atom. The molecule has 0 unspecified atom stereocenters. The highest BCUT2D eigenvalue weighted by atomic mass is 79.9. The molecule has 0 atom stereocenters. The Kier molecular flexibility index (Phi) is 3.75. The molecule has 19 heavy (non-hydrogen) atoms. The fourth-order valence-electron chi connectivity index (χ4n) is 1.65. The number of Topliss-reactive ketones (excluding diaryl/α,β-unsaturated/α-hetero) is 1. The predicted octanol–water partition coefficient (Wildman–Crippen LogP) is 2.75. The van der Waals surface area contributed by atoms with Crippen molar-refractivity contribution in [3.63, 3.8) is 0 Å². The fraction of sp³-hybridized carbons (Fsp3) is 0.167. The van der Waals surface area contributed by atoms with Gasteiger partial charge < -0.3 is 10.1 Å². The van der Waals surface area contributed by atoms with Crippen LogP contribution < -0.4 is 0 Å². The summed E-state index contributed by atoms with van der Waals surface area (Å²) >= 11 is 3.04. The molecule has 98 valence electrons. The number of nitrogens with zero attached hydrogens (tertiary/aromatic N) is 3. The number of hydrogen-bond donors (Lipinski definition) is 0. The van der Waals surface area contributed by atoms with Crippen LogP contribution >= 0.6 is 15.9 Å². The van der Waals surface area contributed by atoms with Crippen molar-refractivity contribution in [3.05, 3.63) is 56.2 Å². The Balaban J connectivity index is 2.20. The highest BCUT2D eigenvalue weighted by Crippen LogP contribution is 2.22. The minimum atomic E-state index is -0.599. The third-order valence-corrected chi connectivity index (χ3v) is 3.08. The van der Waals surface area contributed by atoms with Crippen molar-refractivity contribution in [2.45, 2.75) is 13.5 Å². The van der Waals surface area contributed by atoms with E-state index in [2.05, 4.69) is 21.0 Å². The SMILES string of the molecule is Cc1cccc(C(=O)Cn2cc(Br)c([N+](=O)[O-])n2)c1. The topological polar surface area (TPSA) is 78.0 Å². The summed E-state index contributed by atoms with van der Waals surface area (Å²) in [5, 5.41) is 14.4. The van der Waals surface area contributed by atoms with Crippen LogP contribution in [0.15, 0.2) is 34.9 Å². The first-order valence-electron chi connectivity index (χ1n) is 5.44. The molecule has 1 heterocycles. The monoisotopic (exact) mass is 323 g/mol. The van der Waals surface area contributed by atoms with Gasteiger partial charge in [-0.25, -0.2) is 0 Å². The van der Waals surface area contributed by atoms with Gasteiger partial charge in [-0.1, -0.05) is 23.8 Å². The molecule has 0 saturated heterocycles. The normalized spacial score (nSPS) is 10.4. The van der Waals surface area contributed by atoms with Gasteiger partial charge in [0.2, 0.25) is 0 Å². The van der Waals surface area contributed by atoms with Crippen LogP contribution in [0.25, 0.3) is 0 Å². The molecule has 1 aromatic heterocycles. The molecule has 6 nitrogen and oxygen atoms in total. The van der Waals surface area contributed by atoms with Gasteiger partial charge in [-0.15, -0.1) is 0 Å². The molecule has 0 N–H and O–H groups in total. The third-order valence-electron chi connectivity index (χ3n) is 2.52. The number of hydrogen-bond acceptors (Lipinski definition) is 4. The van der Waals surface area contributed by atoms with Crippen LogP contribution in [-0.4, -0.2) is 20.5 Å². The number of benzene rings is 1. The summed E-state index contributed by atoms with van der Waals surface area (Å²) in [5.74, 6) is -0.439. The summed E-state index contributed by atoms with van der Waals surface area (Å²) in [6.07, 6.45) is 1.42. The van der Waals surface area contributed by atoms with Gasteiger partial charge in [0.15, 0.2) is 5.78 Å². The van der Waals surface area contributed by atoms with E-state index >= 15 is 0 Å². The average Bonchev–Trinajstić information content (AvgIpc) is 2.70. The summed E-state index contributed by atoms with van der Waals surface area (Å²) in [6.45, 7) is 1.86. The highest BCUT2D eigenvalue weighted by Gasteiger charge is 2.20. The van der Waals surface area contributed by atoms with Crippen LogP contribution in [0.2, 0.25) is 0 Å². The lowest BCUT2D eigenvalue weighted by atomic mass is 10.1. The van der Waals surface area contributed by atoms with E-state index in [-0.39, 0.29) is 22.6 Å². The Bertz CT molecular complexity index is 651. The van der Waals surface area contributed by atoms with E-state index < -0.39 is 4.92 Å². The summed E-state index contributed by atoms with van der Waals surface area (Å²) in [5.41, 5.74) is 1.55. The number of aryl methyl sites for hydroxylation is 1. The number of nitro groups is 1. The summed E-state index contributed by atoms with van der Waals surface area (Å²) in [4.78, 5) is 22.1. The van der Waals surface area contributed by atoms with Gasteiger partial charge in [0.25, 0.3) is 0 Å². The predicted molar refractivity (Wildman–Crippen MR) is 72.1 cm³/mol. The van der Waals surface area contributed by atoms with Crippen LogP contribution in [0.5, 0.6) is 0 Å². The molecule has 0 radical (unpaired) electrons. The van der Waals surface area contributed by atoms with E-state index in [0.717, 1.165) is 5.56 Å². The number of aromatic nitrogens is 2. The van der Waals surface area contributed by atoms with Crippen molar-refractivity contribution in [2.75, 3.05) is 0 Å². The molecule has 1 aromatic carbocycles. The highest BCUT2D eigenvalue weighted by molar-refractivity contribution is 9.10. The van der Waals surface area contributed by atoms with Crippen LogP contribution in [0.3, 0.4) is 0 Å². The summed E-state index contributed by atoms with van der Waals surface area (Å²) in [6, 6.07) is 7.17. The van der Waals surface area contributed by atoms with Crippen molar-refractivity contribution in [1.29, 1.82) is 0 Å². The van der Waals surface area contributed by atoms with Gasteiger partial charge in [0.05, 0.1) is 11.3 Å². The van der Waals surface area contributed by atoms with Crippen molar-refractivity contribution in [2.24, 2.45) is 0 Å². The zero-order valence-electron chi connectivity index (χ0n) is 10.0. The van der Waals surface area contributed by atoms with Crippen molar-refractivity contribution in [1.82, 2.24) is 9.78 Å². The number of carbonyl (C=O) groups is 1. The number of rotatable bonds is 4. The lowest BCUT2D eigenvalue weighted by molar-refractivity contribution is -0.390. The van der Waals surface area contributed by atoms with Gasteiger partial charge in [0, 0.05) is 5.56 Å². The Hall–Kier alpha value is -2.02. The lowest BCUT2D eigenvalue weighted by Crippen LogP contribution is -2.11. The molecule has 0 spiro atoms. The average molecular weight is 324 g/mol. The fourth-order valence-corrected chi connectivity index (χ4v) is 2.11. The number of halogens is 1. The Morgan fingerprint density at radius 3 is 2.84 bits per heavy atom. The second kappa shape index (κ2) is 5.31. The van der Waals surface area contributed by atoms with Crippen molar-refractivity contribution >= 4 is 27.5 Å². The third kappa shape index (κ3) is 3.05. The van der Waals surface area contributed by atoms with Gasteiger partial charge in [-0.3, -0.25) is 4.79 Å². The molecule has 0 aliphatic carbocycles. The smallest absolute Gasteiger partial charge is 0.358 e. The number of ketones is 1. The van der Waals surface area contributed by atoms with Crippen LogP contribution in [0, 0.1) is 17.0 Å². The largest absolute Gasteiger partial charge is 0.404 e. The van der Waals surface area contributed by atoms with Crippen LogP contribution in [0.1, 0.15) is 15.9 Å².